The van der Waals surface area contributed by atoms with Gasteiger partial charge in [0.05, 0.1) is 12.2 Å². The van der Waals surface area contributed by atoms with E-state index in [4.69, 9.17) is 14.1 Å². The third kappa shape index (κ3) is 2.90. The third-order valence-corrected chi connectivity index (χ3v) is 6.57. The summed E-state index contributed by atoms with van der Waals surface area (Å²) < 4.78 is 11.6. The molecule has 4 aliphatic heterocycles. The highest BCUT2D eigenvalue weighted by Crippen LogP contribution is 2.33. The monoisotopic (exact) mass is 389 g/mol. The molecule has 3 fully saturated rings. The van der Waals surface area contributed by atoms with Gasteiger partial charge < -0.3 is 19.4 Å². The minimum atomic E-state index is -0.0587. The largest absolute Gasteiger partial charge is 0.493 e. The number of nitrogens with zero attached hydrogens (tertiary/aromatic N) is 2. The first kappa shape index (κ1) is 17.0. The second kappa shape index (κ2) is 6.59. The number of carbonyl (C=O) groups excluding carboxylic acids is 1. The van der Waals surface area contributed by atoms with Gasteiger partial charge in [0.25, 0.3) is 5.91 Å². The molecule has 4 aliphatic rings. The van der Waals surface area contributed by atoms with Gasteiger partial charge in [-0.2, -0.15) is 0 Å². The van der Waals surface area contributed by atoms with Gasteiger partial charge in [0.2, 0.25) is 5.89 Å². The van der Waals surface area contributed by atoms with Crippen LogP contribution in [0.2, 0.25) is 0 Å². The molecule has 1 aromatic heterocycles. The zero-order valence-electron chi connectivity index (χ0n) is 16.2. The van der Waals surface area contributed by atoms with Crippen LogP contribution in [-0.4, -0.2) is 48.1 Å². The standard InChI is InChI=1S/C23H23N3O3/c27-22(24-18-13-26-9-6-14(18)7-10-26)17-2-1-3-20-21(17)25-23(29-20)16-4-5-19-15(12-16)8-11-28-19/h1-5,12,14,18H,6-11,13H2,(H,24,27). The number of carbonyl (C=O) groups is 1. The van der Waals surface area contributed by atoms with E-state index in [1.54, 1.807) is 0 Å². The average Bonchev–Trinajstić information content (AvgIpc) is 3.40. The minimum absolute atomic E-state index is 0.0587. The lowest BCUT2D eigenvalue weighted by molar-refractivity contribution is 0.0621. The molecule has 6 heteroatoms. The molecular formula is C23H23N3O3. The van der Waals surface area contributed by atoms with Crippen molar-refractivity contribution < 1.29 is 13.9 Å². The van der Waals surface area contributed by atoms with Crippen molar-refractivity contribution in [2.75, 3.05) is 26.2 Å². The van der Waals surface area contributed by atoms with Gasteiger partial charge in [-0.1, -0.05) is 6.07 Å². The van der Waals surface area contributed by atoms with Crippen molar-refractivity contribution in [2.24, 2.45) is 5.92 Å². The van der Waals surface area contributed by atoms with Gasteiger partial charge in [0.15, 0.2) is 5.58 Å². The number of benzene rings is 2. The van der Waals surface area contributed by atoms with Crippen molar-refractivity contribution in [3.63, 3.8) is 0 Å². The molecule has 0 saturated carbocycles. The lowest BCUT2D eigenvalue weighted by Crippen LogP contribution is -2.57. The minimum Gasteiger partial charge on any atom is -0.493 e. The molecule has 6 nitrogen and oxygen atoms in total. The first-order chi connectivity index (χ1) is 14.2. The Morgan fingerprint density at radius 3 is 2.90 bits per heavy atom. The Morgan fingerprint density at radius 2 is 2.07 bits per heavy atom. The van der Waals surface area contributed by atoms with Crippen molar-refractivity contribution in [3.8, 4) is 17.2 Å². The van der Waals surface area contributed by atoms with Crippen LogP contribution in [-0.2, 0) is 6.42 Å². The van der Waals surface area contributed by atoms with Crippen LogP contribution in [0.25, 0.3) is 22.6 Å². The molecular weight excluding hydrogens is 366 g/mol. The number of fused-ring (bicyclic) bond motifs is 5. The fraction of sp³-hybridized carbons (Fsp3) is 0.391. The molecule has 1 atom stereocenters. The number of amides is 1. The molecule has 148 valence electrons. The predicted octanol–water partition coefficient (Wildman–Crippen LogP) is 3.25. The summed E-state index contributed by atoms with van der Waals surface area (Å²) in [5, 5.41) is 3.26. The summed E-state index contributed by atoms with van der Waals surface area (Å²) in [5.74, 6) is 2.00. The number of hydrogen-bond acceptors (Lipinski definition) is 5. The van der Waals surface area contributed by atoms with E-state index < -0.39 is 0 Å². The van der Waals surface area contributed by atoms with E-state index in [0.717, 1.165) is 44.0 Å². The molecule has 0 spiro atoms. The van der Waals surface area contributed by atoms with Crippen LogP contribution in [0.4, 0.5) is 0 Å². The number of para-hydroxylation sites is 1. The maximum absolute atomic E-state index is 13.1. The number of ether oxygens (including phenoxy) is 1. The van der Waals surface area contributed by atoms with Gasteiger partial charge in [-0.15, -0.1) is 0 Å². The van der Waals surface area contributed by atoms with Crippen LogP contribution in [0.3, 0.4) is 0 Å². The maximum atomic E-state index is 13.1. The molecule has 2 bridgehead atoms. The Labute approximate surface area is 168 Å². The van der Waals surface area contributed by atoms with Gasteiger partial charge in [0, 0.05) is 24.6 Å². The molecule has 2 aromatic carbocycles. The maximum Gasteiger partial charge on any atom is 0.253 e. The quantitative estimate of drug-likeness (QED) is 0.745. The lowest BCUT2D eigenvalue weighted by Gasteiger charge is -2.44. The predicted molar refractivity (Wildman–Crippen MR) is 109 cm³/mol. The summed E-state index contributed by atoms with van der Waals surface area (Å²) in [6, 6.07) is 11.8. The zero-order chi connectivity index (χ0) is 19.4. The highest BCUT2D eigenvalue weighted by Gasteiger charge is 2.35. The molecule has 3 aromatic rings. The number of rotatable bonds is 3. The number of hydrogen-bond donors (Lipinski definition) is 1. The summed E-state index contributed by atoms with van der Waals surface area (Å²) in [4.78, 5) is 20.2. The van der Waals surface area contributed by atoms with Gasteiger partial charge in [-0.05, 0) is 67.7 Å². The number of aromatic nitrogens is 1. The Bertz CT molecular complexity index is 1100. The first-order valence-corrected chi connectivity index (χ1v) is 10.4. The Morgan fingerprint density at radius 1 is 1.17 bits per heavy atom. The number of piperidine rings is 3. The van der Waals surface area contributed by atoms with E-state index in [-0.39, 0.29) is 11.9 Å². The summed E-state index contributed by atoms with van der Waals surface area (Å²) in [6.07, 6.45) is 3.24. The summed E-state index contributed by atoms with van der Waals surface area (Å²) in [7, 11) is 0. The van der Waals surface area contributed by atoms with Crippen LogP contribution >= 0.6 is 0 Å². The van der Waals surface area contributed by atoms with Gasteiger partial charge in [0.1, 0.15) is 11.3 Å². The van der Waals surface area contributed by atoms with Crippen molar-refractivity contribution in [3.05, 3.63) is 47.5 Å². The summed E-state index contributed by atoms with van der Waals surface area (Å²) in [6.45, 7) is 3.99. The van der Waals surface area contributed by atoms with E-state index in [0.29, 0.717) is 28.5 Å². The van der Waals surface area contributed by atoms with E-state index in [2.05, 4.69) is 16.3 Å². The van der Waals surface area contributed by atoms with Crippen LogP contribution in [0, 0.1) is 5.92 Å². The molecule has 1 unspecified atom stereocenters. The molecule has 7 rings (SSSR count). The highest BCUT2D eigenvalue weighted by molar-refractivity contribution is 6.05. The summed E-state index contributed by atoms with van der Waals surface area (Å²) in [5.41, 5.74) is 3.93. The van der Waals surface area contributed by atoms with Gasteiger partial charge >= 0.3 is 0 Å². The van der Waals surface area contributed by atoms with Crippen LogP contribution in [0.5, 0.6) is 5.75 Å². The second-order valence-electron chi connectivity index (χ2n) is 8.31. The molecule has 0 aliphatic carbocycles. The Balaban J connectivity index is 1.31. The number of nitrogens with one attached hydrogen (secondary N) is 1. The smallest absolute Gasteiger partial charge is 0.253 e. The van der Waals surface area contributed by atoms with Crippen LogP contribution in [0.1, 0.15) is 28.8 Å². The molecule has 1 N–H and O–H groups in total. The lowest BCUT2D eigenvalue weighted by atomic mass is 9.84. The van der Waals surface area contributed by atoms with Crippen LogP contribution < -0.4 is 10.1 Å². The van der Waals surface area contributed by atoms with Crippen molar-refractivity contribution in [2.45, 2.75) is 25.3 Å². The SMILES string of the molecule is O=C(NC1CN2CCC1CC2)c1cccc2oc(-c3ccc4c(c3)CCO4)nc12. The van der Waals surface area contributed by atoms with Gasteiger partial charge in [-0.25, -0.2) is 4.98 Å². The van der Waals surface area contributed by atoms with E-state index in [9.17, 15) is 4.79 Å². The highest BCUT2D eigenvalue weighted by atomic mass is 16.5. The fourth-order valence-corrected chi connectivity index (χ4v) is 4.95. The fourth-order valence-electron chi connectivity index (χ4n) is 4.95. The first-order valence-electron chi connectivity index (χ1n) is 10.4. The van der Waals surface area contributed by atoms with E-state index in [1.807, 2.05) is 30.3 Å². The topological polar surface area (TPSA) is 67.6 Å². The summed E-state index contributed by atoms with van der Waals surface area (Å²) >= 11 is 0. The van der Waals surface area contributed by atoms with E-state index in [1.165, 1.54) is 18.4 Å². The zero-order valence-corrected chi connectivity index (χ0v) is 16.2. The van der Waals surface area contributed by atoms with E-state index >= 15 is 0 Å². The van der Waals surface area contributed by atoms with Gasteiger partial charge in [-0.3, -0.25) is 4.79 Å². The second-order valence-corrected chi connectivity index (χ2v) is 8.31. The normalized spacial score (nSPS) is 25.0. The number of oxazole rings is 1. The molecule has 3 saturated heterocycles. The van der Waals surface area contributed by atoms with Crippen molar-refractivity contribution in [1.29, 1.82) is 0 Å². The molecule has 0 radical (unpaired) electrons. The van der Waals surface area contributed by atoms with Crippen molar-refractivity contribution >= 4 is 17.0 Å². The molecule has 5 heterocycles. The third-order valence-electron chi connectivity index (χ3n) is 6.57. The molecule has 29 heavy (non-hydrogen) atoms. The van der Waals surface area contributed by atoms with Crippen LogP contribution in [0.15, 0.2) is 40.8 Å². The Kier molecular flexibility index (Phi) is 3.87. The Hall–Kier alpha value is -2.86. The average molecular weight is 389 g/mol. The molecule has 1 amide bonds. The van der Waals surface area contributed by atoms with Crippen molar-refractivity contribution in [1.82, 2.24) is 15.2 Å².